The fourth-order valence-electron chi connectivity index (χ4n) is 2.15. The number of likely N-dealkylation sites (N-methyl/N-ethyl adjacent to an activating group) is 1. The van der Waals surface area contributed by atoms with E-state index in [-0.39, 0.29) is 35.1 Å². The van der Waals surface area contributed by atoms with Gasteiger partial charge in [-0.1, -0.05) is 0 Å². The van der Waals surface area contributed by atoms with E-state index < -0.39 is 0 Å². The Labute approximate surface area is 134 Å². The van der Waals surface area contributed by atoms with Crippen LogP contribution in [0.15, 0.2) is 4.99 Å². The molecular weight excluding hydrogens is 355 g/mol. The standard InChI is InChI=1S/C13H28N4O.HI/c1-12(2,3)16-11(14)15-10-13(17(4)5)6-8-18-9-7-13;/h6-10H2,1-5H3,(H3,14,15,16);1H. The molecule has 0 unspecified atom stereocenters. The summed E-state index contributed by atoms with van der Waals surface area (Å²) in [6.45, 7) is 8.56. The normalized spacial score (nSPS) is 20.0. The summed E-state index contributed by atoms with van der Waals surface area (Å²) in [5.41, 5.74) is 5.96. The smallest absolute Gasteiger partial charge is 0.189 e. The molecule has 0 aromatic heterocycles. The van der Waals surface area contributed by atoms with E-state index in [0.717, 1.165) is 32.6 Å². The van der Waals surface area contributed by atoms with E-state index in [1.165, 1.54) is 0 Å². The minimum atomic E-state index is -0.0471. The number of rotatable bonds is 3. The van der Waals surface area contributed by atoms with Gasteiger partial charge in [0.2, 0.25) is 0 Å². The summed E-state index contributed by atoms with van der Waals surface area (Å²) in [6.07, 6.45) is 2.01. The van der Waals surface area contributed by atoms with E-state index in [9.17, 15) is 0 Å². The molecular formula is C13H29IN4O. The Hall–Kier alpha value is -0.0800. The lowest BCUT2D eigenvalue weighted by molar-refractivity contribution is -0.00254. The summed E-state index contributed by atoms with van der Waals surface area (Å²) >= 11 is 0. The van der Waals surface area contributed by atoms with Gasteiger partial charge in [-0.2, -0.15) is 0 Å². The van der Waals surface area contributed by atoms with Crippen LogP contribution in [0.4, 0.5) is 0 Å². The number of hydrogen-bond donors (Lipinski definition) is 2. The third-order valence-corrected chi connectivity index (χ3v) is 3.42. The van der Waals surface area contributed by atoms with Gasteiger partial charge in [0, 0.05) is 24.3 Å². The molecule has 0 saturated carbocycles. The molecule has 0 bridgehead atoms. The molecule has 5 nitrogen and oxygen atoms in total. The van der Waals surface area contributed by atoms with Crippen molar-refractivity contribution in [2.24, 2.45) is 10.7 Å². The quantitative estimate of drug-likeness (QED) is 0.439. The van der Waals surface area contributed by atoms with Crippen LogP contribution in [0, 0.1) is 0 Å². The Bertz CT molecular complexity index is 294. The van der Waals surface area contributed by atoms with Crippen molar-refractivity contribution in [1.82, 2.24) is 10.2 Å². The summed E-state index contributed by atoms with van der Waals surface area (Å²) < 4.78 is 5.44. The molecule has 0 spiro atoms. The Morgan fingerprint density at radius 2 is 1.84 bits per heavy atom. The van der Waals surface area contributed by atoms with Crippen LogP contribution in [0.2, 0.25) is 0 Å². The number of nitrogens with zero attached hydrogens (tertiary/aromatic N) is 2. The maximum Gasteiger partial charge on any atom is 0.189 e. The molecule has 19 heavy (non-hydrogen) atoms. The molecule has 1 saturated heterocycles. The second-order valence-electron chi connectivity index (χ2n) is 6.31. The number of aliphatic imine (C=N–C) groups is 1. The predicted octanol–water partition coefficient (Wildman–Crippen LogP) is 1.42. The molecule has 0 aliphatic carbocycles. The number of halogens is 1. The van der Waals surface area contributed by atoms with Crippen LogP contribution in [-0.2, 0) is 4.74 Å². The Kier molecular flexibility index (Phi) is 7.60. The minimum Gasteiger partial charge on any atom is -0.381 e. The van der Waals surface area contributed by atoms with Gasteiger partial charge in [-0.15, -0.1) is 24.0 Å². The van der Waals surface area contributed by atoms with Crippen LogP contribution >= 0.6 is 24.0 Å². The first kappa shape index (κ1) is 18.9. The van der Waals surface area contributed by atoms with Crippen molar-refractivity contribution in [2.45, 2.75) is 44.7 Å². The number of nitrogens with one attached hydrogen (secondary N) is 1. The lowest BCUT2D eigenvalue weighted by Gasteiger charge is -2.41. The van der Waals surface area contributed by atoms with Crippen molar-refractivity contribution in [2.75, 3.05) is 33.9 Å². The second-order valence-corrected chi connectivity index (χ2v) is 6.31. The van der Waals surface area contributed by atoms with Gasteiger partial charge >= 0.3 is 0 Å². The molecule has 1 fully saturated rings. The monoisotopic (exact) mass is 384 g/mol. The number of nitrogens with two attached hydrogens (primary N) is 1. The molecule has 0 aromatic rings. The summed E-state index contributed by atoms with van der Waals surface area (Å²) in [5.74, 6) is 0.523. The highest BCUT2D eigenvalue weighted by atomic mass is 127. The van der Waals surface area contributed by atoms with E-state index >= 15 is 0 Å². The Balaban J connectivity index is 0.00000324. The first-order chi connectivity index (χ1) is 8.25. The highest BCUT2D eigenvalue weighted by molar-refractivity contribution is 14.0. The molecule has 0 radical (unpaired) electrons. The maximum atomic E-state index is 5.93. The minimum absolute atomic E-state index is 0. The van der Waals surface area contributed by atoms with Gasteiger partial charge in [-0.3, -0.25) is 4.99 Å². The van der Waals surface area contributed by atoms with Crippen LogP contribution in [0.5, 0.6) is 0 Å². The average Bonchev–Trinajstić information content (AvgIpc) is 2.25. The van der Waals surface area contributed by atoms with E-state index in [0.29, 0.717) is 5.96 Å². The van der Waals surface area contributed by atoms with Crippen molar-refractivity contribution in [3.8, 4) is 0 Å². The molecule has 1 aliphatic rings. The van der Waals surface area contributed by atoms with E-state index in [4.69, 9.17) is 10.5 Å². The molecule has 114 valence electrons. The van der Waals surface area contributed by atoms with Gasteiger partial charge < -0.3 is 20.7 Å². The predicted molar refractivity (Wildman–Crippen MR) is 91.3 cm³/mol. The zero-order valence-electron chi connectivity index (χ0n) is 12.8. The highest BCUT2D eigenvalue weighted by Gasteiger charge is 2.34. The van der Waals surface area contributed by atoms with Crippen molar-refractivity contribution in [3.05, 3.63) is 0 Å². The number of ether oxygens (including phenoxy) is 1. The van der Waals surface area contributed by atoms with Gasteiger partial charge in [0.15, 0.2) is 5.96 Å². The molecule has 1 heterocycles. The second kappa shape index (κ2) is 7.64. The number of hydrogen-bond acceptors (Lipinski definition) is 3. The van der Waals surface area contributed by atoms with Gasteiger partial charge in [-0.25, -0.2) is 0 Å². The van der Waals surface area contributed by atoms with Crippen LogP contribution in [0.25, 0.3) is 0 Å². The zero-order chi connectivity index (χ0) is 13.8. The third-order valence-electron chi connectivity index (χ3n) is 3.42. The van der Waals surface area contributed by atoms with E-state index in [2.05, 4.69) is 50.1 Å². The Morgan fingerprint density at radius 1 is 1.32 bits per heavy atom. The molecule has 1 rings (SSSR count). The first-order valence-electron chi connectivity index (χ1n) is 6.58. The van der Waals surface area contributed by atoms with Gasteiger partial charge in [0.25, 0.3) is 0 Å². The molecule has 3 N–H and O–H groups in total. The van der Waals surface area contributed by atoms with Crippen LogP contribution in [-0.4, -0.2) is 55.8 Å². The number of guanidine groups is 1. The molecule has 0 atom stereocenters. The van der Waals surface area contributed by atoms with Crippen molar-refractivity contribution < 1.29 is 4.74 Å². The SMILES string of the molecule is CN(C)C1(CN=C(N)NC(C)(C)C)CCOCC1.I. The van der Waals surface area contributed by atoms with E-state index in [1.54, 1.807) is 0 Å². The van der Waals surface area contributed by atoms with Gasteiger partial charge in [-0.05, 0) is 47.7 Å². The summed E-state index contributed by atoms with van der Waals surface area (Å²) in [7, 11) is 4.21. The average molecular weight is 384 g/mol. The lowest BCUT2D eigenvalue weighted by Crippen LogP contribution is -2.52. The van der Waals surface area contributed by atoms with Crippen molar-refractivity contribution in [3.63, 3.8) is 0 Å². The molecule has 0 aromatic carbocycles. The maximum absolute atomic E-state index is 5.93. The summed E-state index contributed by atoms with van der Waals surface area (Å²) in [4.78, 5) is 6.77. The fraction of sp³-hybridized carbons (Fsp3) is 0.923. The molecule has 0 amide bonds. The summed E-state index contributed by atoms with van der Waals surface area (Å²) in [5, 5.41) is 3.19. The molecule has 6 heteroatoms. The van der Waals surface area contributed by atoms with Crippen molar-refractivity contribution in [1.29, 1.82) is 0 Å². The Morgan fingerprint density at radius 3 is 2.26 bits per heavy atom. The first-order valence-corrected chi connectivity index (χ1v) is 6.58. The lowest BCUT2D eigenvalue weighted by atomic mass is 9.89. The van der Waals surface area contributed by atoms with Gasteiger partial charge in [0.1, 0.15) is 0 Å². The largest absolute Gasteiger partial charge is 0.381 e. The molecule has 1 aliphatic heterocycles. The fourth-order valence-corrected chi connectivity index (χ4v) is 2.15. The third kappa shape index (κ3) is 6.27. The van der Waals surface area contributed by atoms with Crippen LogP contribution < -0.4 is 11.1 Å². The van der Waals surface area contributed by atoms with Crippen molar-refractivity contribution >= 4 is 29.9 Å². The van der Waals surface area contributed by atoms with E-state index in [1.807, 2.05) is 0 Å². The van der Waals surface area contributed by atoms with Crippen LogP contribution in [0.3, 0.4) is 0 Å². The van der Waals surface area contributed by atoms with Gasteiger partial charge in [0.05, 0.1) is 6.54 Å². The highest BCUT2D eigenvalue weighted by Crippen LogP contribution is 2.26. The zero-order valence-corrected chi connectivity index (χ0v) is 15.2. The topological polar surface area (TPSA) is 62.9 Å². The summed E-state index contributed by atoms with van der Waals surface area (Å²) in [6, 6.07) is 0. The van der Waals surface area contributed by atoms with Crippen LogP contribution in [0.1, 0.15) is 33.6 Å².